The third-order valence-corrected chi connectivity index (χ3v) is 27.2. The van der Waals surface area contributed by atoms with Crippen molar-refractivity contribution in [1.82, 2.24) is 0 Å². The van der Waals surface area contributed by atoms with Crippen LogP contribution in [-0.4, -0.2) is 0 Å². The zero-order valence-corrected chi connectivity index (χ0v) is 78.8. The fraction of sp³-hybridized carbons (Fsp3) is 0.167. The molecule has 0 N–H and O–H groups in total. The summed E-state index contributed by atoms with van der Waals surface area (Å²) >= 11 is 0. The van der Waals surface area contributed by atoms with Crippen LogP contribution in [0.1, 0.15) is 114 Å². The molecule has 0 fully saturated rings. The number of nitrogens with zero attached hydrogens (tertiary/aromatic N) is 5. The van der Waals surface area contributed by atoms with Crippen LogP contribution < -0.4 is 22.8 Å². The molecule has 10 heteroatoms. The average molecular weight is 1790 g/mol. The number of benzene rings is 15. The van der Waals surface area contributed by atoms with Crippen LogP contribution in [-0.2, 0) is 40.7 Å². The van der Waals surface area contributed by atoms with Crippen LogP contribution in [0.15, 0.2) is 338 Å². The van der Waals surface area contributed by atoms with E-state index in [1.54, 1.807) is 54.3 Å². The number of rotatable bonds is 5. The van der Waals surface area contributed by atoms with Gasteiger partial charge in [0.05, 0.1) is 27.8 Å². The van der Waals surface area contributed by atoms with Crippen molar-refractivity contribution in [3.8, 4) is 56.3 Å². The molecule has 0 aliphatic heterocycles. The molecule has 136 heavy (non-hydrogen) atoms. The first-order valence-electron chi connectivity index (χ1n) is 53.4. The predicted octanol–water partition coefficient (Wildman–Crippen LogP) is 31.2. The van der Waals surface area contributed by atoms with E-state index in [4.69, 9.17) is 42.6 Å². The highest BCUT2D eigenvalue weighted by Crippen LogP contribution is 2.48. The van der Waals surface area contributed by atoms with Gasteiger partial charge in [0.1, 0.15) is 91.1 Å². The van der Waals surface area contributed by atoms with Gasteiger partial charge < -0.3 is 22.1 Å². The lowest BCUT2D eigenvalue weighted by molar-refractivity contribution is -0.661. The van der Waals surface area contributed by atoms with Crippen molar-refractivity contribution in [3.63, 3.8) is 0 Å². The fourth-order valence-electron chi connectivity index (χ4n) is 20.2. The quantitative estimate of drug-likeness (QED) is 0.160. The molecule has 0 saturated heterocycles. The molecule has 0 radical (unpaired) electrons. The minimum Gasteiger partial charge on any atom is -0.454 e. The maximum atomic E-state index is 8.17. The number of fused-ring (bicyclic) bond motifs is 25. The number of aromatic nitrogens is 5. The monoisotopic (exact) mass is 1790 g/mol. The third-order valence-electron chi connectivity index (χ3n) is 27.2. The molecule has 0 amide bonds. The molecular formula is C126H112N5O5+5. The highest BCUT2D eigenvalue weighted by Gasteiger charge is 2.31. The Morgan fingerprint density at radius 1 is 0.213 bits per heavy atom. The van der Waals surface area contributed by atoms with Gasteiger partial charge in [-0.25, -0.2) is 22.8 Å². The summed E-state index contributed by atoms with van der Waals surface area (Å²) in [7, 11) is 9.78. The van der Waals surface area contributed by atoms with Gasteiger partial charge >= 0.3 is 0 Å². The molecule has 0 spiro atoms. The first-order chi connectivity index (χ1) is 71.7. The Morgan fingerprint density at radius 3 is 0.949 bits per heavy atom. The molecule has 0 saturated carbocycles. The molecular weight excluding hydrogens is 1660 g/mol. The molecule has 25 rings (SSSR count). The highest BCUT2D eigenvalue weighted by atomic mass is 16.3. The Kier molecular flexibility index (Phi) is 17.8. The van der Waals surface area contributed by atoms with Gasteiger partial charge in [-0.3, -0.25) is 0 Å². The van der Waals surface area contributed by atoms with Gasteiger partial charge in [-0.05, 0) is 219 Å². The largest absolute Gasteiger partial charge is 0.454 e. The van der Waals surface area contributed by atoms with Crippen LogP contribution >= 0.6 is 0 Å². The van der Waals surface area contributed by atoms with Crippen molar-refractivity contribution in [2.45, 2.75) is 109 Å². The fourth-order valence-corrected chi connectivity index (χ4v) is 20.2. The van der Waals surface area contributed by atoms with E-state index in [1.165, 1.54) is 38.5 Å². The second-order valence-electron chi connectivity index (χ2n) is 37.4. The summed E-state index contributed by atoms with van der Waals surface area (Å²) in [6.45, 7) is 9.49. The first kappa shape index (κ1) is 71.0. The van der Waals surface area contributed by atoms with E-state index in [9.17, 15) is 0 Å². The van der Waals surface area contributed by atoms with Crippen molar-refractivity contribution in [2.24, 2.45) is 35.2 Å². The molecule has 10 heterocycles. The highest BCUT2D eigenvalue weighted by molar-refractivity contribution is 6.23. The SMILES string of the molecule is Cc1ccc2c(oc3c4ccccc4ccc23)c1-c1ccc(C(C)(C)C)c[n+]1C.[2H]C([2H])([2H])c1c[n+](C)c(-c2c(C)ccc3c2oc2c4ccccc4ccc32)cc1C.[2H]C([2H])([2H])c1cc(C)c(-c2cc(C)cc[n+]2C)c2oc3c4ccccc4ccc3c12.[2H]C([2H])([2H])c1cc(C)c(-c2cccc[n+]2C)c2oc3c4ccccc4ccc3c12.[2H]C([2H])([2H])c1ccc(-c2c(C)cc(C([2H])([2H])[2H])c3c2oc2c4ccccc4ccc23)[n+](C)c1. The molecule has 0 unspecified atom stereocenters. The number of hydrogen-bond donors (Lipinski definition) is 0. The van der Waals surface area contributed by atoms with Crippen LogP contribution in [0, 0.1) is 82.7 Å². The van der Waals surface area contributed by atoms with E-state index in [0.717, 1.165) is 187 Å². The second kappa shape index (κ2) is 34.1. The standard InChI is InChI=1S/C27H26NO.3C25H22NO.C24H20NO/c1-17-10-13-22-21-14-11-18-8-6-7-9-20(18)25(21)29-26(22)24(17)23-15-12-19(16-28(23)5)27(2,3)4;1-15-9-12-21(26(4)14-15)23-17(3)13-16(2)22-20-11-10-18-7-5-6-8-19(18)24(20)27-25(22)23;1-15-9-11-21-20-12-10-18-7-5-6-8-19(18)24(20)27-25(21)23(15)22-13-16(2)17(3)14-26(22)4;1-15-11-12-26(4)21(13-15)23-17(3)14-16(2)22-20-10-9-18-7-5-6-8-19(18)24(20)27-25(22)23;1-15-14-16(2)22(20-10-6-7-13-25(20)3)24-21(15)19-12-11-17-8-4-5-9-18(17)23(19)26-24/h6-16H,1-5H3;3*5-14H,1-4H3;4-14H,1-3H3/q5*+1/i;1D3,2D3;3D3;2D3;1D3. The topological polar surface area (TPSA) is 85.1 Å². The number of hydrogen-bond acceptors (Lipinski definition) is 5. The number of aryl methyl sites for hydroxylation is 17. The summed E-state index contributed by atoms with van der Waals surface area (Å²) in [5.74, 6) is 0. The normalized spacial score (nSPS) is 13.9. The summed E-state index contributed by atoms with van der Waals surface area (Å²) in [6, 6.07) is 94.9. The summed E-state index contributed by atoms with van der Waals surface area (Å²) in [6.07, 6.45) is 9.55. The number of furan rings is 5. The summed E-state index contributed by atoms with van der Waals surface area (Å²) in [4.78, 5) is 0. The van der Waals surface area contributed by atoms with Crippen LogP contribution in [0.2, 0.25) is 0 Å². The Bertz CT molecular complexity index is 9910. The Balaban J connectivity index is 0.000000110. The van der Waals surface area contributed by atoms with E-state index < -0.39 is 34.3 Å². The summed E-state index contributed by atoms with van der Waals surface area (Å²) < 4.78 is 162. The van der Waals surface area contributed by atoms with Gasteiger partial charge in [0.15, 0.2) is 31.0 Å². The van der Waals surface area contributed by atoms with E-state index in [-0.39, 0.29) is 16.5 Å². The molecule has 15 aromatic carbocycles. The lowest BCUT2D eigenvalue weighted by atomic mass is 9.88. The zero-order valence-electron chi connectivity index (χ0n) is 93.8. The average Bonchev–Trinajstić information content (AvgIpc) is 1.57. The van der Waals surface area contributed by atoms with E-state index in [1.807, 2.05) is 216 Å². The van der Waals surface area contributed by atoms with Gasteiger partial charge in [0.25, 0.3) is 0 Å². The summed E-state index contributed by atoms with van der Waals surface area (Å²) in [5.41, 5.74) is 26.8. The predicted molar refractivity (Wildman–Crippen MR) is 565 cm³/mol. The maximum absolute atomic E-state index is 8.17. The smallest absolute Gasteiger partial charge is 0.216 e. The van der Waals surface area contributed by atoms with Crippen molar-refractivity contribution >= 4 is 164 Å². The Morgan fingerprint density at radius 2 is 0.544 bits per heavy atom. The van der Waals surface area contributed by atoms with E-state index in [2.05, 4.69) is 173 Å². The second-order valence-corrected chi connectivity index (χ2v) is 37.4. The third kappa shape index (κ3) is 14.9. The van der Waals surface area contributed by atoms with Crippen LogP contribution in [0.5, 0.6) is 0 Å². The van der Waals surface area contributed by atoms with Gasteiger partial charge in [-0.1, -0.05) is 215 Å². The molecule has 0 aliphatic rings. The molecule has 0 aliphatic carbocycles. The van der Waals surface area contributed by atoms with Gasteiger partial charge in [-0.15, -0.1) is 0 Å². The summed E-state index contributed by atoms with van der Waals surface area (Å²) in [5, 5.41) is 19.5. The minimum atomic E-state index is -2.32. The van der Waals surface area contributed by atoms with Crippen molar-refractivity contribution in [3.05, 3.63) is 388 Å². The van der Waals surface area contributed by atoms with Crippen LogP contribution in [0.4, 0.5) is 0 Å². The van der Waals surface area contributed by atoms with E-state index in [0.29, 0.717) is 55.2 Å². The molecule has 10 aromatic heterocycles. The molecule has 666 valence electrons. The lowest BCUT2D eigenvalue weighted by Gasteiger charge is -2.17. The van der Waals surface area contributed by atoms with Gasteiger partial charge in [-0.2, -0.15) is 0 Å². The minimum absolute atomic E-state index is 0.121. The van der Waals surface area contributed by atoms with Crippen molar-refractivity contribution in [1.29, 1.82) is 0 Å². The van der Waals surface area contributed by atoms with Crippen LogP contribution in [0.3, 0.4) is 0 Å². The Hall–Kier alpha value is -15.7. The molecule has 25 aromatic rings. The van der Waals surface area contributed by atoms with E-state index >= 15 is 0 Å². The molecule has 0 bridgehead atoms. The zero-order chi connectivity index (χ0) is 107. The Labute approximate surface area is 813 Å². The van der Waals surface area contributed by atoms with Crippen LogP contribution in [0.25, 0.3) is 220 Å². The van der Waals surface area contributed by atoms with Gasteiger partial charge in [0.2, 0.25) is 28.5 Å². The molecule has 0 atom stereocenters. The maximum Gasteiger partial charge on any atom is 0.216 e. The molecule has 10 nitrogen and oxygen atoms in total. The van der Waals surface area contributed by atoms with Gasteiger partial charge in [0, 0.05) is 161 Å². The number of pyridine rings is 5. The first-order valence-corrected chi connectivity index (χ1v) is 45.9. The van der Waals surface area contributed by atoms with Crippen molar-refractivity contribution in [2.75, 3.05) is 0 Å². The van der Waals surface area contributed by atoms with Crippen molar-refractivity contribution < 1.29 is 65.5 Å². The lowest BCUT2D eigenvalue weighted by Crippen LogP contribution is -2.33.